The van der Waals surface area contributed by atoms with Gasteiger partial charge in [-0.15, -0.1) is 0 Å². The highest BCUT2D eigenvalue weighted by molar-refractivity contribution is 6.09. The highest BCUT2D eigenvalue weighted by Gasteiger charge is 2.12. The van der Waals surface area contributed by atoms with Crippen molar-refractivity contribution in [2.45, 2.75) is 6.92 Å². The van der Waals surface area contributed by atoms with E-state index in [0.29, 0.717) is 16.7 Å². The lowest BCUT2D eigenvalue weighted by molar-refractivity contribution is -0.268. The van der Waals surface area contributed by atoms with E-state index in [1.807, 2.05) is 31.2 Å². The summed E-state index contributed by atoms with van der Waals surface area (Å²) in [5.41, 5.74) is 2.47. The van der Waals surface area contributed by atoms with Gasteiger partial charge in [-0.25, -0.2) is 4.98 Å². The average molecular weight is 332 g/mol. The second-order valence-electron chi connectivity index (χ2n) is 5.89. The predicted molar refractivity (Wildman–Crippen MR) is 93.0 cm³/mol. The summed E-state index contributed by atoms with van der Waals surface area (Å²) in [6.07, 6.45) is 1.29. The van der Waals surface area contributed by atoms with Gasteiger partial charge in [0.1, 0.15) is 11.8 Å². The molecule has 6 nitrogen and oxygen atoms in total. The first-order chi connectivity index (χ1) is 12.0. The second-order valence-corrected chi connectivity index (χ2v) is 5.89. The zero-order valence-electron chi connectivity index (χ0n) is 13.4. The minimum Gasteiger partial charge on any atom is -0.872 e. The summed E-state index contributed by atoms with van der Waals surface area (Å²) in [4.78, 5) is 16.7. The molecule has 4 rings (SSSR count). The van der Waals surface area contributed by atoms with E-state index in [4.69, 9.17) is 0 Å². The molecular weight excluding hydrogens is 318 g/mol. The Morgan fingerprint density at radius 2 is 1.88 bits per heavy atom. The van der Waals surface area contributed by atoms with E-state index in [-0.39, 0.29) is 11.3 Å². The molecule has 6 heteroatoms. The summed E-state index contributed by atoms with van der Waals surface area (Å²) < 4.78 is 0.888. The smallest absolute Gasteiger partial charge is 0.255 e. The van der Waals surface area contributed by atoms with Crippen LogP contribution in [0.25, 0.3) is 21.8 Å². The number of imidazole rings is 1. The van der Waals surface area contributed by atoms with Crippen molar-refractivity contribution in [2.24, 2.45) is 0 Å². The summed E-state index contributed by atoms with van der Waals surface area (Å²) in [5.74, 6) is -0.815. The van der Waals surface area contributed by atoms with Gasteiger partial charge in [0.05, 0.1) is 5.52 Å². The SMILES string of the molecule is Cc1cc2ncn(O)c2cc1NC(=O)c1cc2ccccc2cc1[O-]. The molecule has 4 aromatic rings. The normalized spacial score (nSPS) is 11.1. The predicted octanol–water partition coefficient (Wildman–Crippen LogP) is 3.06. The molecule has 0 fully saturated rings. The summed E-state index contributed by atoms with van der Waals surface area (Å²) in [5, 5.41) is 26.4. The zero-order chi connectivity index (χ0) is 17.6. The molecule has 0 atom stereocenters. The molecule has 0 radical (unpaired) electrons. The van der Waals surface area contributed by atoms with Crippen LogP contribution in [0.2, 0.25) is 0 Å². The maximum atomic E-state index is 12.6. The molecule has 25 heavy (non-hydrogen) atoms. The molecule has 0 aliphatic heterocycles. The van der Waals surface area contributed by atoms with Gasteiger partial charge in [-0.3, -0.25) is 4.79 Å². The van der Waals surface area contributed by atoms with Crippen LogP contribution in [0.4, 0.5) is 5.69 Å². The van der Waals surface area contributed by atoms with E-state index in [1.54, 1.807) is 18.2 Å². The molecule has 3 aromatic carbocycles. The number of aryl methyl sites for hydroxylation is 1. The van der Waals surface area contributed by atoms with Gasteiger partial charge in [-0.2, -0.15) is 4.73 Å². The van der Waals surface area contributed by atoms with Crippen molar-refractivity contribution >= 4 is 33.4 Å². The van der Waals surface area contributed by atoms with Crippen LogP contribution in [0.1, 0.15) is 15.9 Å². The lowest BCUT2D eigenvalue weighted by Crippen LogP contribution is -2.15. The number of hydrogen-bond donors (Lipinski definition) is 2. The second kappa shape index (κ2) is 5.52. The van der Waals surface area contributed by atoms with Crippen molar-refractivity contribution in [2.75, 3.05) is 5.32 Å². The lowest BCUT2D eigenvalue weighted by Gasteiger charge is -2.16. The molecule has 0 bridgehead atoms. The number of carbonyl (C=O) groups is 1. The third kappa shape index (κ3) is 2.53. The number of rotatable bonds is 2. The van der Waals surface area contributed by atoms with Gasteiger partial charge in [0.2, 0.25) is 0 Å². The Morgan fingerprint density at radius 3 is 2.64 bits per heavy atom. The topological polar surface area (TPSA) is 90.2 Å². The molecule has 0 saturated heterocycles. The fourth-order valence-electron chi connectivity index (χ4n) is 2.87. The van der Waals surface area contributed by atoms with Crippen LogP contribution >= 0.6 is 0 Å². The third-order valence-corrected chi connectivity index (χ3v) is 4.22. The van der Waals surface area contributed by atoms with E-state index in [0.717, 1.165) is 21.1 Å². The van der Waals surface area contributed by atoms with Crippen molar-refractivity contribution in [3.8, 4) is 5.75 Å². The first-order valence-electron chi connectivity index (χ1n) is 7.71. The van der Waals surface area contributed by atoms with Crippen LogP contribution in [-0.2, 0) is 0 Å². The Hall–Kier alpha value is -3.54. The number of nitrogens with zero attached hydrogens (tertiary/aromatic N) is 2. The number of fused-ring (bicyclic) bond motifs is 2. The molecule has 1 amide bonds. The number of amides is 1. The summed E-state index contributed by atoms with van der Waals surface area (Å²) >= 11 is 0. The Balaban J connectivity index is 1.74. The molecule has 0 aliphatic rings. The third-order valence-electron chi connectivity index (χ3n) is 4.22. The molecule has 0 aliphatic carbocycles. The number of carbonyl (C=O) groups excluding carboxylic acids is 1. The minimum atomic E-state index is -0.484. The average Bonchev–Trinajstić information content (AvgIpc) is 2.94. The van der Waals surface area contributed by atoms with Crippen molar-refractivity contribution in [1.82, 2.24) is 9.71 Å². The van der Waals surface area contributed by atoms with Gasteiger partial charge < -0.3 is 15.6 Å². The highest BCUT2D eigenvalue weighted by Crippen LogP contribution is 2.26. The van der Waals surface area contributed by atoms with E-state index >= 15 is 0 Å². The fraction of sp³-hybridized carbons (Fsp3) is 0.0526. The number of aromatic nitrogens is 2. The molecule has 0 spiro atoms. The Morgan fingerprint density at radius 1 is 1.16 bits per heavy atom. The van der Waals surface area contributed by atoms with Gasteiger partial charge >= 0.3 is 0 Å². The molecule has 2 N–H and O–H groups in total. The molecule has 0 saturated carbocycles. The van der Waals surface area contributed by atoms with Crippen LogP contribution in [-0.4, -0.2) is 20.8 Å². The number of hydrogen-bond acceptors (Lipinski definition) is 4. The van der Waals surface area contributed by atoms with E-state index in [9.17, 15) is 15.1 Å². The Kier molecular flexibility index (Phi) is 3.32. The van der Waals surface area contributed by atoms with Crippen LogP contribution < -0.4 is 10.4 Å². The van der Waals surface area contributed by atoms with Gasteiger partial charge in [0, 0.05) is 11.3 Å². The van der Waals surface area contributed by atoms with Gasteiger partial charge in [0.15, 0.2) is 0 Å². The monoisotopic (exact) mass is 332 g/mol. The van der Waals surface area contributed by atoms with E-state index in [1.165, 1.54) is 12.4 Å². The van der Waals surface area contributed by atoms with Crippen LogP contribution in [0, 0.1) is 6.92 Å². The summed E-state index contributed by atoms with van der Waals surface area (Å²) in [6.45, 7) is 1.82. The highest BCUT2D eigenvalue weighted by atomic mass is 16.5. The molecule has 1 aromatic heterocycles. The van der Waals surface area contributed by atoms with Crippen LogP contribution in [0.15, 0.2) is 54.9 Å². The fourth-order valence-corrected chi connectivity index (χ4v) is 2.87. The van der Waals surface area contributed by atoms with Crippen molar-refractivity contribution in [1.29, 1.82) is 0 Å². The lowest BCUT2D eigenvalue weighted by atomic mass is 10.0. The molecule has 1 heterocycles. The standard InChI is InChI=1S/C19H15N3O3/c1-11-6-16-17(22(25)10-20-16)9-15(11)21-19(24)14-7-12-4-2-3-5-13(12)8-18(14)23/h2-10,23,25H,1H3,(H,21,24)/p-1. The van der Waals surface area contributed by atoms with Crippen molar-refractivity contribution in [3.63, 3.8) is 0 Å². The number of benzene rings is 3. The summed E-state index contributed by atoms with van der Waals surface area (Å²) in [6, 6.07) is 13.8. The summed E-state index contributed by atoms with van der Waals surface area (Å²) in [7, 11) is 0. The minimum absolute atomic E-state index is 0.0794. The Bertz CT molecular complexity index is 1130. The number of nitrogens with one attached hydrogen (secondary N) is 1. The van der Waals surface area contributed by atoms with Crippen molar-refractivity contribution < 1.29 is 15.1 Å². The zero-order valence-corrected chi connectivity index (χ0v) is 13.4. The van der Waals surface area contributed by atoms with Crippen molar-refractivity contribution in [3.05, 3.63) is 66.0 Å². The Labute approximate surface area is 142 Å². The molecule has 124 valence electrons. The first kappa shape index (κ1) is 15.0. The van der Waals surface area contributed by atoms with E-state index < -0.39 is 5.91 Å². The van der Waals surface area contributed by atoms with Crippen LogP contribution in [0.3, 0.4) is 0 Å². The largest absolute Gasteiger partial charge is 0.872 e. The number of anilines is 1. The molecular formula is C19H14N3O3-. The van der Waals surface area contributed by atoms with E-state index in [2.05, 4.69) is 10.3 Å². The first-order valence-corrected chi connectivity index (χ1v) is 7.71. The molecule has 0 unspecified atom stereocenters. The van der Waals surface area contributed by atoms with Gasteiger partial charge in [0.25, 0.3) is 5.91 Å². The van der Waals surface area contributed by atoms with Gasteiger partial charge in [-0.05, 0) is 41.5 Å². The quantitative estimate of drug-likeness (QED) is 0.552. The maximum absolute atomic E-state index is 12.6. The maximum Gasteiger partial charge on any atom is 0.255 e. The van der Waals surface area contributed by atoms with Crippen LogP contribution in [0.5, 0.6) is 5.75 Å². The van der Waals surface area contributed by atoms with Gasteiger partial charge in [-0.1, -0.05) is 36.1 Å².